The molecule has 2 N–H and O–H groups in total. The Bertz CT molecular complexity index is 608. The standard InChI is InChI=1S/C20H28O4/c1-19(2,23)9-4-5-14-12-24-18(22)17-13-6-7-16(21)20(3,11-13)10-8-15(14)17/h4-6,9,15-17,21,23H,7-8,10-12H2,1-3H3/b9-4+,14-5-/t15-,16+,17+,20+/m1/s1. The van der Waals surface area contributed by atoms with Crippen LogP contribution in [-0.2, 0) is 9.53 Å². The summed E-state index contributed by atoms with van der Waals surface area (Å²) in [5.41, 5.74) is 1.23. The van der Waals surface area contributed by atoms with E-state index in [9.17, 15) is 15.0 Å². The first kappa shape index (κ1) is 17.4. The summed E-state index contributed by atoms with van der Waals surface area (Å²) in [6.07, 6.45) is 10.5. The van der Waals surface area contributed by atoms with Gasteiger partial charge in [0, 0.05) is 5.92 Å². The van der Waals surface area contributed by atoms with E-state index >= 15 is 0 Å². The van der Waals surface area contributed by atoms with Crippen molar-refractivity contribution in [2.45, 2.75) is 58.2 Å². The number of rotatable bonds is 2. The number of cyclic esters (lactones) is 1. The van der Waals surface area contributed by atoms with Crippen LogP contribution in [0.1, 0.15) is 46.5 Å². The molecule has 1 heterocycles. The maximum Gasteiger partial charge on any atom is 0.314 e. The van der Waals surface area contributed by atoms with Crippen LogP contribution in [0.5, 0.6) is 0 Å². The molecule has 0 aromatic carbocycles. The van der Waals surface area contributed by atoms with Crippen LogP contribution in [0, 0.1) is 17.3 Å². The molecule has 2 fully saturated rings. The fraction of sp³-hybridized carbons (Fsp3) is 0.650. The Morgan fingerprint density at radius 1 is 1.42 bits per heavy atom. The summed E-state index contributed by atoms with van der Waals surface area (Å²) in [7, 11) is 0. The number of carbonyl (C=O) groups is 1. The van der Waals surface area contributed by atoms with Crippen molar-refractivity contribution in [3.8, 4) is 0 Å². The van der Waals surface area contributed by atoms with Gasteiger partial charge in [0.2, 0.25) is 0 Å². The molecule has 132 valence electrons. The molecule has 0 radical (unpaired) electrons. The number of carbonyl (C=O) groups excluding carboxylic acids is 1. The first-order valence-electron chi connectivity index (χ1n) is 8.84. The Morgan fingerprint density at radius 3 is 2.88 bits per heavy atom. The Labute approximate surface area is 143 Å². The van der Waals surface area contributed by atoms with Crippen molar-refractivity contribution in [2.24, 2.45) is 17.3 Å². The van der Waals surface area contributed by atoms with Crippen LogP contribution in [0.2, 0.25) is 0 Å². The van der Waals surface area contributed by atoms with Gasteiger partial charge in [0.05, 0.1) is 17.6 Å². The van der Waals surface area contributed by atoms with Crippen molar-refractivity contribution in [3.63, 3.8) is 0 Å². The number of aliphatic hydroxyl groups is 2. The normalized spacial score (nSPS) is 38.5. The predicted octanol–water partition coefficient (Wildman–Crippen LogP) is 2.91. The van der Waals surface area contributed by atoms with Crippen molar-refractivity contribution < 1.29 is 19.7 Å². The second-order valence-corrected chi connectivity index (χ2v) is 8.35. The number of ether oxygens (including phenoxy) is 1. The molecule has 4 nitrogen and oxygen atoms in total. The Balaban J connectivity index is 1.92. The van der Waals surface area contributed by atoms with Gasteiger partial charge in [0.25, 0.3) is 0 Å². The molecule has 0 aromatic rings. The van der Waals surface area contributed by atoms with Crippen LogP contribution >= 0.6 is 0 Å². The molecule has 4 heteroatoms. The first-order valence-corrected chi connectivity index (χ1v) is 8.84. The third kappa shape index (κ3) is 3.35. The van der Waals surface area contributed by atoms with Gasteiger partial charge in [-0.2, -0.15) is 0 Å². The molecule has 2 bridgehead atoms. The second-order valence-electron chi connectivity index (χ2n) is 8.35. The van der Waals surface area contributed by atoms with Gasteiger partial charge in [-0.25, -0.2) is 0 Å². The Morgan fingerprint density at radius 2 is 2.17 bits per heavy atom. The lowest BCUT2D eigenvalue weighted by Gasteiger charge is -2.37. The lowest BCUT2D eigenvalue weighted by Crippen LogP contribution is -2.37. The molecule has 0 aromatic heterocycles. The average molecular weight is 332 g/mol. The molecule has 2 aliphatic carbocycles. The van der Waals surface area contributed by atoms with E-state index in [1.807, 2.05) is 18.2 Å². The minimum atomic E-state index is -0.859. The van der Waals surface area contributed by atoms with E-state index in [0.29, 0.717) is 13.0 Å². The fourth-order valence-corrected chi connectivity index (χ4v) is 4.25. The highest BCUT2D eigenvalue weighted by molar-refractivity contribution is 5.78. The van der Waals surface area contributed by atoms with Crippen molar-refractivity contribution in [1.29, 1.82) is 0 Å². The molecule has 1 saturated heterocycles. The van der Waals surface area contributed by atoms with Crippen molar-refractivity contribution in [1.82, 2.24) is 0 Å². The molecule has 3 aliphatic rings. The maximum atomic E-state index is 12.4. The highest BCUT2D eigenvalue weighted by Gasteiger charge is 2.48. The van der Waals surface area contributed by atoms with E-state index in [1.165, 1.54) is 0 Å². The lowest BCUT2D eigenvalue weighted by molar-refractivity contribution is -0.151. The van der Waals surface area contributed by atoms with Gasteiger partial charge in [-0.15, -0.1) is 0 Å². The number of aliphatic hydroxyl groups excluding tert-OH is 1. The molecule has 4 atom stereocenters. The SMILES string of the molecule is CC(C)(O)/C=C/C=C1/COC(=O)[C@H]2C3=CC[C@H](O)[C@@](C)(CC[C@H]12)C3. The summed E-state index contributed by atoms with van der Waals surface area (Å²) in [4.78, 5) is 12.4. The van der Waals surface area contributed by atoms with Crippen LogP contribution < -0.4 is 0 Å². The number of hydrogen-bond donors (Lipinski definition) is 2. The number of esters is 1. The third-order valence-corrected chi connectivity index (χ3v) is 5.77. The highest BCUT2D eigenvalue weighted by atomic mass is 16.5. The summed E-state index contributed by atoms with van der Waals surface area (Å²) in [5.74, 6) is -0.207. The molecule has 1 aliphatic heterocycles. The smallest absolute Gasteiger partial charge is 0.314 e. The highest BCUT2D eigenvalue weighted by Crippen LogP contribution is 2.51. The monoisotopic (exact) mass is 332 g/mol. The van der Waals surface area contributed by atoms with Gasteiger partial charge in [-0.05, 0) is 50.5 Å². The summed E-state index contributed by atoms with van der Waals surface area (Å²) in [6, 6.07) is 0. The zero-order valence-electron chi connectivity index (χ0n) is 14.8. The van der Waals surface area contributed by atoms with Crippen LogP contribution in [0.3, 0.4) is 0 Å². The molecule has 0 unspecified atom stereocenters. The average Bonchev–Trinajstić information content (AvgIpc) is 2.61. The molecule has 24 heavy (non-hydrogen) atoms. The number of hydrogen-bond acceptors (Lipinski definition) is 4. The second kappa shape index (κ2) is 6.16. The van der Waals surface area contributed by atoms with Gasteiger partial charge >= 0.3 is 5.97 Å². The molecule has 1 saturated carbocycles. The van der Waals surface area contributed by atoms with E-state index in [2.05, 4.69) is 6.92 Å². The van der Waals surface area contributed by atoms with Crippen molar-refractivity contribution >= 4 is 5.97 Å². The van der Waals surface area contributed by atoms with E-state index in [-0.39, 0.29) is 29.3 Å². The van der Waals surface area contributed by atoms with Gasteiger partial charge in [0.1, 0.15) is 6.61 Å². The predicted molar refractivity (Wildman–Crippen MR) is 92.1 cm³/mol. The lowest BCUT2D eigenvalue weighted by atomic mass is 9.71. The van der Waals surface area contributed by atoms with E-state index in [1.54, 1.807) is 19.9 Å². The van der Waals surface area contributed by atoms with Gasteiger partial charge in [0.15, 0.2) is 0 Å². The van der Waals surface area contributed by atoms with Crippen LogP contribution in [0.25, 0.3) is 0 Å². The summed E-state index contributed by atoms with van der Waals surface area (Å²) in [5, 5.41) is 20.2. The molecular weight excluding hydrogens is 304 g/mol. The van der Waals surface area contributed by atoms with Gasteiger partial charge in [-0.1, -0.05) is 36.8 Å². The maximum absolute atomic E-state index is 12.4. The first-order chi connectivity index (χ1) is 11.2. The largest absolute Gasteiger partial charge is 0.461 e. The summed E-state index contributed by atoms with van der Waals surface area (Å²) in [6.45, 7) is 5.91. The van der Waals surface area contributed by atoms with E-state index in [4.69, 9.17) is 4.74 Å². The quantitative estimate of drug-likeness (QED) is 0.603. The fourth-order valence-electron chi connectivity index (χ4n) is 4.25. The van der Waals surface area contributed by atoms with Gasteiger partial charge in [-0.3, -0.25) is 4.79 Å². The zero-order valence-corrected chi connectivity index (χ0v) is 14.8. The minimum absolute atomic E-state index is 0.129. The Kier molecular flexibility index (Phi) is 4.47. The minimum Gasteiger partial charge on any atom is -0.461 e. The molecular formula is C20H28O4. The summed E-state index contributed by atoms with van der Waals surface area (Å²) < 4.78 is 5.44. The Hall–Kier alpha value is -1.39. The van der Waals surface area contributed by atoms with Gasteiger partial charge < -0.3 is 14.9 Å². The van der Waals surface area contributed by atoms with Crippen molar-refractivity contribution in [3.05, 3.63) is 35.5 Å². The van der Waals surface area contributed by atoms with E-state index in [0.717, 1.165) is 30.4 Å². The zero-order chi connectivity index (χ0) is 17.5. The molecule has 0 spiro atoms. The van der Waals surface area contributed by atoms with Crippen molar-refractivity contribution in [2.75, 3.05) is 6.61 Å². The number of fused-ring (bicyclic) bond motifs is 4. The van der Waals surface area contributed by atoms with Crippen LogP contribution in [0.15, 0.2) is 35.5 Å². The van der Waals surface area contributed by atoms with E-state index < -0.39 is 5.60 Å². The summed E-state index contributed by atoms with van der Waals surface area (Å²) >= 11 is 0. The molecule has 0 amide bonds. The topological polar surface area (TPSA) is 66.8 Å². The number of allylic oxidation sites excluding steroid dienone is 2. The van der Waals surface area contributed by atoms with Crippen LogP contribution in [0.4, 0.5) is 0 Å². The van der Waals surface area contributed by atoms with Crippen LogP contribution in [-0.4, -0.2) is 34.5 Å². The third-order valence-electron chi connectivity index (χ3n) is 5.77. The molecule has 3 rings (SSSR count).